The quantitative estimate of drug-likeness (QED) is 0.776. The van der Waals surface area contributed by atoms with E-state index in [1.165, 1.54) is 0 Å². The molecule has 2 rings (SSSR count). The van der Waals surface area contributed by atoms with Crippen molar-refractivity contribution in [2.24, 2.45) is 0 Å². The summed E-state index contributed by atoms with van der Waals surface area (Å²) in [5.74, 6) is -0.917. The highest BCUT2D eigenvalue weighted by Gasteiger charge is 2.52. The summed E-state index contributed by atoms with van der Waals surface area (Å²) in [6.07, 6.45) is 7.24. The molecule has 2 N–H and O–H groups in total. The van der Waals surface area contributed by atoms with E-state index in [1.54, 1.807) is 0 Å². The van der Waals surface area contributed by atoms with Gasteiger partial charge in [-0.15, -0.1) is 0 Å². The third-order valence-electron chi connectivity index (χ3n) is 3.32. The zero-order valence-corrected chi connectivity index (χ0v) is 10.1. The zero-order valence-electron chi connectivity index (χ0n) is 10.1. The molecule has 0 amide bonds. The Hall–Kier alpha value is -0.680. The van der Waals surface area contributed by atoms with Crippen LogP contribution in [-0.4, -0.2) is 41.4 Å². The first-order chi connectivity index (χ1) is 8.22. The van der Waals surface area contributed by atoms with Gasteiger partial charge >= 0.3 is 0 Å². The van der Waals surface area contributed by atoms with Gasteiger partial charge in [-0.3, -0.25) is 0 Å². The number of aliphatic hydroxyl groups excluding tert-OH is 2. The lowest BCUT2D eigenvalue weighted by Gasteiger charge is -2.26. The van der Waals surface area contributed by atoms with Crippen molar-refractivity contribution in [3.8, 4) is 0 Å². The van der Waals surface area contributed by atoms with Crippen LogP contribution >= 0.6 is 0 Å². The number of hydrogen-bond acceptors (Lipinski definition) is 4. The molecule has 96 valence electrons. The molecule has 0 bridgehead atoms. The Bertz CT molecular complexity index is 323. The van der Waals surface area contributed by atoms with E-state index in [4.69, 9.17) is 14.6 Å². The van der Waals surface area contributed by atoms with Gasteiger partial charge in [-0.2, -0.15) is 0 Å². The third-order valence-corrected chi connectivity index (χ3v) is 3.32. The second-order valence-corrected chi connectivity index (χ2v) is 4.54. The van der Waals surface area contributed by atoms with Crippen LogP contribution < -0.4 is 0 Å². The SMILES string of the molecule is CC/C=C/C=C1/CO[C@]2(CC[C@H](CO)O2)[C@H]1O. The lowest BCUT2D eigenvalue weighted by Crippen LogP contribution is -2.40. The Balaban J connectivity index is 2.05. The zero-order chi connectivity index (χ0) is 12.3. The minimum atomic E-state index is -0.917. The van der Waals surface area contributed by atoms with E-state index in [-0.39, 0.29) is 12.7 Å². The molecule has 4 nitrogen and oxygen atoms in total. The fourth-order valence-corrected chi connectivity index (χ4v) is 2.31. The van der Waals surface area contributed by atoms with Crippen LogP contribution in [0.2, 0.25) is 0 Å². The van der Waals surface area contributed by atoms with Gasteiger partial charge < -0.3 is 19.7 Å². The molecule has 0 aromatic heterocycles. The number of rotatable bonds is 3. The van der Waals surface area contributed by atoms with E-state index in [9.17, 15) is 5.11 Å². The van der Waals surface area contributed by atoms with E-state index in [0.29, 0.717) is 13.0 Å². The van der Waals surface area contributed by atoms with Crippen LogP contribution in [-0.2, 0) is 9.47 Å². The van der Waals surface area contributed by atoms with Crippen molar-refractivity contribution in [1.82, 2.24) is 0 Å². The monoisotopic (exact) mass is 240 g/mol. The van der Waals surface area contributed by atoms with Crippen LogP contribution in [0.5, 0.6) is 0 Å². The minimum Gasteiger partial charge on any atom is -0.394 e. The molecule has 0 aromatic carbocycles. The summed E-state index contributed by atoms with van der Waals surface area (Å²) < 4.78 is 11.2. The van der Waals surface area contributed by atoms with E-state index < -0.39 is 11.9 Å². The Morgan fingerprint density at radius 3 is 3.00 bits per heavy atom. The summed E-state index contributed by atoms with van der Waals surface area (Å²) >= 11 is 0. The molecular formula is C13H20O4. The third kappa shape index (κ3) is 2.45. The maximum Gasteiger partial charge on any atom is 0.199 e. The van der Waals surface area contributed by atoms with Gasteiger partial charge in [0.05, 0.1) is 19.3 Å². The van der Waals surface area contributed by atoms with Crippen molar-refractivity contribution in [2.45, 2.75) is 44.2 Å². The number of hydrogen-bond donors (Lipinski definition) is 2. The Kier molecular flexibility index (Phi) is 3.99. The maximum atomic E-state index is 10.2. The lowest BCUT2D eigenvalue weighted by atomic mass is 10.0. The lowest BCUT2D eigenvalue weighted by molar-refractivity contribution is -0.237. The van der Waals surface area contributed by atoms with Gasteiger partial charge in [0, 0.05) is 6.42 Å². The topological polar surface area (TPSA) is 58.9 Å². The molecule has 2 fully saturated rings. The highest BCUT2D eigenvalue weighted by Crippen LogP contribution is 2.41. The predicted octanol–water partition coefficient (Wildman–Crippen LogP) is 1.14. The summed E-state index contributed by atoms with van der Waals surface area (Å²) in [4.78, 5) is 0. The molecular weight excluding hydrogens is 220 g/mol. The number of ether oxygens (including phenoxy) is 2. The maximum absolute atomic E-state index is 10.2. The summed E-state index contributed by atoms with van der Waals surface area (Å²) in [6, 6.07) is 0. The van der Waals surface area contributed by atoms with Crippen LogP contribution in [0, 0.1) is 0 Å². The standard InChI is InChI=1S/C13H20O4/c1-2-3-4-5-10-9-16-13(12(10)15)7-6-11(8-14)17-13/h3-5,11-12,14-15H,2,6-9H2,1H3/b4-3+,10-5-/t11-,12+,13+/m1/s1. The molecule has 2 saturated heterocycles. The fourth-order valence-electron chi connectivity index (χ4n) is 2.31. The van der Waals surface area contributed by atoms with Crippen molar-refractivity contribution in [3.05, 3.63) is 23.8 Å². The van der Waals surface area contributed by atoms with Gasteiger partial charge in [-0.1, -0.05) is 25.2 Å². The van der Waals surface area contributed by atoms with Crippen molar-refractivity contribution in [3.63, 3.8) is 0 Å². The van der Waals surface area contributed by atoms with Gasteiger partial charge in [0.15, 0.2) is 5.79 Å². The van der Waals surface area contributed by atoms with E-state index in [2.05, 4.69) is 6.92 Å². The molecule has 0 unspecified atom stereocenters. The molecule has 4 heteroatoms. The molecule has 0 aliphatic carbocycles. The first kappa shape index (κ1) is 12.8. The summed E-state index contributed by atoms with van der Waals surface area (Å²) in [5.41, 5.74) is 0.841. The van der Waals surface area contributed by atoms with E-state index in [1.807, 2.05) is 18.2 Å². The summed E-state index contributed by atoms with van der Waals surface area (Å²) in [7, 11) is 0. The van der Waals surface area contributed by atoms with Gasteiger partial charge in [0.2, 0.25) is 0 Å². The van der Waals surface area contributed by atoms with Crippen molar-refractivity contribution < 1.29 is 19.7 Å². The highest BCUT2D eigenvalue weighted by molar-refractivity contribution is 5.23. The summed E-state index contributed by atoms with van der Waals surface area (Å²) in [5, 5.41) is 19.3. The number of aliphatic hydroxyl groups is 2. The normalized spacial score (nSPS) is 40.1. The average molecular weight is 240 g/mol. The average Bonchev–Trinajstić information content (AvgIpc) is 2.89. The van der Waals surface area contributed by atoms with E-state index >= 15 is 0 Å². The van der Waals surface area contributed by atoms with Crippen molar-refractivity contribution >= 4 is 0 Å². The smallest absolute Gasteiger partial charge is 0.199 e. The molecule has 0 aromatic rings. The molecule has 2 aliphatic heterocycles. The Labute approximate surface area is 102 Å². The number of allylic oxidation sites excluding steroid dienone is 3. The van der Waals surface area contributed by atoms with Crippen LogP contribution in [0.25, 0.3) is 0 Å². The molecule has 2 aliphatic rings. The first-order valence-electron chi connectivity index (χ1n) is 6.18. The second kappa shape index (κ2) is 5.31. The Morgan fingerprint density at radius 2 is 2.35 bits per heavy atom. The Morgan fingerprint density at radius 1 is 1.53 bits per heavy atom. The van der Waals surface area contributed by atoms with Gasteiger partial charge in [0.1, 0.15) is 6.10 Å². The molecule has 1 spiro atoms. The minimum absolute atomic E-state index is 0.0212. The molecule has 0 saturated carbocycles. The van der Waals surface area contributed by atoms with Gasteiger partial charge in [-0.05, 0) is 18.4 Å². The van der Waals surface area contributed by atoms with Crippen molar-refractivity contribution in [1.29, 1.82) is 0 Å². The van der Waals surface area contributed by atoms with Crippen LogP contribution in [0.3, 0.4) is 0 Å². The first-order valence-corrected chi connectivity index (χ1v) is 6.18. The predicted molar refractivity (Wildman–Crippen MR) is 63.4 cm³/mol. The molecule has 0 radical (unpaired) electrons. The van der Waals surface area contributed by atoms with Gasteiger partial charge in [-0.25, -0.2) is 0 Å². The highest BCUT2D eigenvalue weighted by atomic mass is 16.7. The van der Waals surface area contributed by atoms with Crippen LogP contribution in [0.1, 0.15) is 26.2 Å². The van der Waals surface area contributed by atoms with Crippen molar-refractivity contribution in [2.75, 3.05) is 13.2 Å². The summed E-state index contributed by atoms with van der Waals surface area (Å²) in [6.45, 7) is 2.43. The fraction of sp³-hybridized carbons (Fsp3) is 0.692. The largest absolute Gasteiger partial charge is 0.394 e. The van der Waals surface area contributed by atoms with Crippen LogP contribution in [0.15, 0.2) is 23.8 Å². The van der Waals surface area contributed by atoms with Gasteiger partial charge in [0.25, 0.3) is 0 Å². The second-order valence-electron chi connectivity index (χ2n) is 4.54. The molecule has 2 heterocycles. The molecule has 3 atom stereocenters. The van der Waals surface area contributed by atoms with E-state index in [0.717, 1.165) is 18.4 Å². The van der Waals surface area contributed by atoms with Crippen LogP contribution in [0.4, 0.5) is 0 Å². The molecule has 17 heavy (non-hydrogen) atoms.